The average molecular weight is 311 g/mol. The Morgan fingerprint density at radius 3 is 2.23 bits per heavy atom. The van der Waals surface area contributed by atoms with Gasteiger partial charge in [-0.3, -0.25) is 9.59 Å². The van der Waals surface area contributed by atoms with Gasteiger partial charge in [0.15, 0.2) is 0 Å². The number of piperidine rings is 2. The normalized spacial score (nSPS) is 19.7. The highest BCUT2D eigenvalue weighted by molar-refractivity contribution is 6.35. The second-order valence-corrected chi connectivity index (χ2v) is 5.79. The summed E-state index contributed by atoms with van der Waals surface area (Å²) in [5.41, 5.74) is 0. The third-order valence-corrected chi connectivity index (χ3v) is 4.19. The predicted octanol–water partition coefficient (Wildman–Crippen LogP) is 0.736. The number of hydrogen-bond donors (Lipinski definition) is 1. The highest BCUT2D eigenvalue weighted by Gasteiger charge is 2.28. The number of nitrogens with zero attached hydrogens (tertiary/aromatic N) is 2. The van der Waals surface area contributed by atoms with E-state index in [9.17, 15) is 14.4 Å². The van der Waals surface area contributed by atoms with Crippen molar-refractivity contribution in [3.8, 4) is 0 Å². The number of hydrogen-bond acceptors (Lipinski definition) is 4. The monoisotopic (exact) mass is 311 g/mol. The molecule has 124 valence electrons. The van der Waals surface area contributed by atoms with E-state index >= 15 is 0 Å². The van der Waals surface area contributed by atoms with Crippen molar-refractivity contribution in [2.24, 2.45) is 0 Å². The molecule has 0 spiro atoms. The number of amides is 3. The summed E-state index contributed by atoms with van der Waals surface area (Å²) in [5, 5.41) is 2.80. The molecule has 0 unspecified atom stereocenters. The quantitative estimate of drug-likeness (QED) is 0.763. The summed E-state index contributed by atoms with van der Waals surface area (Å²) in [6, 6.07) is -0.0492. The zero-order chi connectivity index (χ0) is 15.9. The highest BCUT2D eigenvalue weighted by atomic mass is 16.6. The number of likely N-dealkylation sites (tertiary alicyclic amines) is 2. The van der Waals surface area contributed by atoms with Crippen molar-refractivity contribution in [3.63, 3.8) is 0 Å². The summed E-state index contributed by atoms with van der Waals surface area (Å²) in [6.45, 7) is 4.57. The first-order valence-corrected chi connectivity index (χ1v) is 8.13. The van der Waals surface area contributed by atoms with E-state index in [-0.39, 0.29) is 12.1 Å². The Hall–Kier alpha value is -1.79. The van der Waals surface area contributed by atoms with Crippen LogP contribution in [-0.2, 0) is 14.3 Å². The SMILES string of the molecule is CCOC(=O)N1CCC(NC(=O)C(=O)N2CCCCC2)CC1. The maximum Gasteiger partial charge on any atom is 0.409 e. The van der Waals surface area contributed by atoms with E-state index < -0.39 is 11.8 Å². The number of carbonyl (C=O) groups is 3. The van der Waals surface area contributed by atoms with E-state index in [1.54, 1.807) is 16.7 Å². The van der Waals surface area contributed by atoms with Crippen molar-refractivity contribution in [2.75, 3.05) is 32.8 Å². The molecule has 7 heteroatoms. The minimum atomic E-state index is -0.517. The summed E-state index contributed by atoms with van der Waals surface area (Å²) in [5.74, 6) is -0.941. The van der Waals surface area contributed by atoms with Crippen molar-refractivity contribution in [1.29, 1.82) is 0 Å². The van der Waals surface area contributed by atoms with Gasteiger partial charge in [0, 0.05) is 32.2 Å². The van der Waals surface area contributed by atoms with E-state index in [4.69, 9.17) is 4.74 Å². The molecule has 0 aromatic rings. The molecule has 0 aliphatic carbocycles. The summed E-state index contributed by atoms with van der Waals surface area (Å²) >= 11 is 0. The van der Waals surface area contributed by atoms with Crippen LogP contribution in [0.2, 0.25) is 0 Å². The van der Waals surface area contributed by atoms with Crippen LogP contribution in [0.3, 0.4) is 0 Å². The molecule has 2 rings (SSSR count). The van der Waals surface area contributed by atoms with Crippen LogP contribution in [0.15, 0.2) is 0 Å². The van der Waals surface area contributed by atoms with Gasteiger partial charge in [0.2, 0.25) is 0 Å². The van der Waals surface area contributed by atoms with Crippen LogP contribution < -0.4 is 5.32 Å². The Balaban J connectivity index is 1.74. The minimum absolute atomic E-state index is 0.0492. The molecular formula is C15H25N3O4. The van der Waals surface area contributed by atoms with Gasteiger partial charge in [-0.2, -0.15) is 0 Å². The smallest absolute Gasteiger partial charge is 0.409 e. The molecule has 2 fully saturated rings. The van der Waals surface area contributed by atoms with Crippen LogP contribution in [0.1, 0.15) is 39.0 Å². The topological polar surface area (TPSA) is 79.0 Å². The fourth-order valence-electron chi connectivity index (χ4n) is 2.91. The zero-order valence-corrected chi connectivity index (χ0v) is 13.2. The maximum atomic E-state index is 12.1. The average Bonchev–Trinajstić information content (AvgIpc) is 2.55. The molecular weight excluding hydrogens is 286 g/mol. The van der Waals surface area contributed by atoms with E-state index in [0.717, 1.165) is 19.3 Å². The third kappa shape index (κ3) is 4.35. The van der Waals surface area contributed by atoms with Crippen molar-refractivity contribution >= 4 is 17.9 Å². The van der Waals surface area contributed by atoms with E-state index in [0.29, 0.717) is 45.6 Å². The molecule has 0 atom stereocenters. The van der Waals surface area contributed by atoms with Crippen molar-refractivity contribution < 1.29 is 19.1 Å². The summed E-state index contributed by atoms with van der Waals surface area (Å²) in [6.07, 6.45) is 4.05. The molecule has 0 aromatic heterocycles. The van der Waals surface area contributed by atoms with Crippen LogP contribution in [0, 0.1) is 0 Å². The Morgan fingerprint density at radius 2 is 1.64 bits per heavy atom. The molecule has 1 N–H and O–H groups in total. The Bertz CT molecular complexity index is 413. The van der Waals surface area contributed by atoms with Gasteiger partial charge < -0.3 is 19.9 Å². The van der Waals surface area contributed by atoms with Gasteiger partial charge in [-0.1, -0.05) is 0 Å². The first kappa shape index (κ1) is 16.6. The summed E-state index contributed by atoms with van der Waals surface area (Å²) < 4.78 is 4.95. The van der Waals surface area contributed by atoms with Crippen LogP contribution in [-0.4, -0.2) is 66.5 Å². The van der Waals surface area contributed by atoms with Gasteiger partial charge in [-0.05, 0) is 39.0 Å². The third-order valence-electron chi connectivity index (χ3n) is 4.19. The van der Waals surface area contributed by atoms with Crippen molar-refractivity contribution in [2.45, 2.75) is 45.1 Å². The van der Waals surface area contributed by atoms with E-state index in [1.165, 1.54) is 0 Å². The number of rotatable bonds is 2. The first-order valence-electron chi connectivity index (χ1n) is 8.13. The molecule has 3 amide bonds. The summed E-state index contributed by atoms with van der Waals surface area (Å²) in [7, 11) is 0. The van der Waals surface area contributed by atoms with Crippen LogP contribution in [0.25, 0.3) is 0 Å². The van der Waals surface area contributed by atoms with Gasteiger partial charge in [-0.15, -0.1) is 0 Å². The molecule has 7 nitrogen and oxygen atoms in total. The fraction of sp³-hybridized carbons (Fsp3) is 0.800. The fourth-order valence-corrected chi connectivity index (χ4v) is 2.91. The Kier molecular flexibility index (Phi) is 6.03. The lowest BCUT2D eigenvalue weighted by molar-refractivity contribution is -0.147. The number of ether oxygens (including phenoxy) is 1. The zero-order valence-electron chi connectivity index (χ0n) is 13.2. The summed E-state index contributed by atoms with van der Waals surface area (Å²) in [4.78, 5) is 38.9. The van der Waals surface area contributed by atoms with Gasteiger partial charge in [0.05, 0.1) is 6.61 Å². The van der Waals surface area contributed by atoms with Gasteiger partial charge in [0.1, 0.15) is 0 Å². The largest absolute Gasteiger partial charge is 0.450 e. The van der Waals surface area contributed by atoms with Gasteiger partial charge in [-0.25, -0.2) is 4.79 Å². The second kappa shape index (κ2) is 8.00. The molecule has 2 heterocycles. The lowest BCUT2D eigenvalue weighted by atomic mass is 10.1. The molecule has 0 saturated carbocycles. The Morgan fingerprint density at radius 1 is 1.00 bits per heavy atom. The predicted molar refractivity (Wildman–Crippen MR) is 80.2 cm³/mol. The minimum Gasteiger partial charge on any atom is -0.450 e. The molecule has 0 bridgehead atoms. The Labute approximate surface area is 131 Å². The van der Waals surface area contributed by atoms with Crippen LogP contribution in [0.5, 0.6) is 0 Å². The lowest BCUT2D eigenvalue weighted by Crippen LogP contribution is -2.51. The van der Waals surface area contributed by atoms with E-state index in [1.807, 2.05) is 0 Å². The maximum absolute atomic E-state index is 12.1. The highest BCUT2D eigenvalue weighted by Crippen LogP contribution is 2.12. The number of carbonyl (C=O) groups excluding carboxylic acids is 3. The molecule has 2 aliphatic heterocycles. The molecule has 0 radical (unpaired) electrons. The van der Waals surface area contributed by atoms with Gasteiger partial charge >= 0.3 is 17.9 Å². The van der Waals surface area contributed by atoms with Gasteiger partial charge in [0.25, 0.3) is 0 Å². The molecule has 0 aromatic carbocycles. The molecule has 22 heavy (non-hydrogen) atoms. The van der Waals surface area contributed by atoms with Crippen LogP contribution in [0.4, 0.5) is 4.79 Å². The second-order valence-electron chi connectivity index (χ2n) is 5.79. The van der Waals surface area contributed by atoms with Crippen molar-refractivity contribution in [1.82, 2.24) is 15.1 Å². The van der Waals surface area contributed by atoms with E-state index in [2.05, 4.69) is 5.32 Å². The van der Waals surface area contributed by atoms with Crippen LogP contribution >= 0.6 is 0 Å². The standard InChI is InChI=1S/C15H25N3O4/c1-2-22-15(21)18-10-6-12(7-11-18)16-13(19)14(20)17-8-4-3-5-9-17/h12H,2-11H2,1H3,(H,16,19). The lowest BCUT2D eigenvalue weighted by Gasteiger charge is -2.32. The first-order chi connectivity index (χ1) is 10.6. The molecule has 2 aliphatic rings. The number of nitrogens with one attached hydrogen (secondary N) is 1. The van der Waals surface area contributed by atoms with Crippen molar-refractivity contribution in [3.05, 3.63) is 0 Å². The molecule has 2 saturated heterocycles.